The van der Waals surface area contributed by atoms with Crippen LogP contribution >= 0.6 is 0 Å². The van der Waals surface area contributed by atoms with E-state index in [0.717, 1.165) is 23.3 Å². The molecule has 0 saturated carbocycles. The number of rotatable bonds is 4. The monoisotopic (exact) mass is 454 g/mol. The Balaban J connectivity index is 1.44. The molecule has 0 aromatic heterocycles. The van der Waals surface area contributed by atoms with E-state index >= 15 is 0 Å². The van der Waals surface area contributed by atoms with Crippen molar-refractivity contribution in [2.45, 2.75) is 26.1 Å². The summed E-state index contributed by atoms with van der Waals surface area (Å²) in [6.45, 7) is 2.35. The molecular formula is C25H21F3N2O3. The summed E-state index contributed by atoms with van der Waals surface area (Å²) in [5, 5.41) is 2.68. The van der Waals surface area contributed by atoms with Gasteiger partial charge in [-0.15, -0.1) is 0 Å². The number of hydrogen-bond acceptors (Lipinski definition) is 3. The van der Waals surface area contributed by atoms with E-state index in [9.17, 15) is 22.8 Å². The second-order valence-electron chi connectivity index (χ2n) is 7.79. The molecule has 0 aliphatic carbocycles. The van der Waals surface area contributed by atoms with Crippen LogP contribution in [0.5, 0.6) is 11.5 Å². The molecule has 3 aromatic rings. The van der Waals surface area contributed by atoms with Crippen molar-refractivity contribution in [3.05, 3.63) is 89.0 Å². The predicted octanol–water partition coefficient (Wildman–Crippen LogP) is 5.65. The Hall–Kier alpha value is -3.81. The number of hydrogen-bond donors (Lipinski definition) is 1. The highest BCUT2D eigenvalue weighted by atomic mass is 19.4. The maximum Gasteiger partial charge on any atom is 0.416 e. The van der Waals surface area contributed by atoms with Crippen molar-refractivity contribution in [1.82, 2.24) is 4.90 Å². The second kappa shape index (κ2) is 8.97. The highest BCUT2D eigenvalue weighted by Gasteiger charge is 2.30. The van der Waals surface area contributed by atoms with Crippen LogP contribution in [0.4, 0.5) is 18.9 Å². The van der Waals surface area contributed by atoms with E-state index in [-0.39, 0.29) is 11.8 Å². The highest BCUT2D eigenvalue weighted by molar-refractivity contribution is 5.97. The summed E-state index contributed by atoms with van der Waals surface area (Å²) in [5.74, 6) is 0.504. The van der Waals surface area contributed by atoms with E-state index < -0.39 is 11.7 Å². The molecule has 0 unspecified atom stereocenters. The first-order valence-corrected chi connectivity index (χ1v) is 10.3. The first-order valence-electron chi connectivity index (χ1n) is 10.3. The number of halogens is 3. The standard InChI is InChI=1S/C25H21F3N2O3/c1-16(31)29-21-4-2-3-18(13-21)24(32)30-12-11-17-14-23(8-5-19(17)15-30)33-22-9-6-20(7-10-22)25(26,27)28/h2-10,13-14H,11-12,15H2,1H3,(H,29,31). The molecule has 0 saturated heterocycles. The van der Waals surface area contributed by atoms with Gasteiger partial charge in [0.2, 0.25) is 5.91 Å². The largest absolute Gasteiger partial charge is 0.457 e. The van der Waals surface area contributed by atoms with Gasteiger partial charge in [0.25, 0.3) is 5.91 Å². The predicted molar refractivity (Wildman–Crippen MR) is 117 cm³/mol. The summed E-state index contributed by atoms with van der Waals surface area (Å²) >= 11 is 0. The molecule has 1 aliphatic rings. The lowest BCUT2D eigenvalue weighted by Crippen LogP contribution is -2.36. The molecule has 4 rings (SSSR count). The van der Waals surface area contributed by atoms with Gasteiger partial charge in [-0.3, -0.25) is 9.59 Å². The fraction of sp³-hybridized carbons (Fsp3) is 0.200. The number of carbonyl (C=O) groups is 2. The smallest absolute Gasteiger partial charge is 0.416 e. The fourth-order valence-electron chi connectivity index (χ4n) is 3.73. The van der Waals surface area contributed by atoms with Gasteiger partial charge < -0.3 is 15.0 Å². The zero-order valence-electron chi connectivity index (χ0n) is 17.8. The van der Waals surface area contributed by atoms with Crippen LogP contribution in [0.2, 0.25) is 0 Å². The molecule has 2 amide bonds. The number of anilines is 1. The van der Waals surface area contributed by atoms with E-state index in [4.69, 9.17) is 4.74 Å². The summed E-state index contributed by atoms with van der Waals surface area (Å²) in [7, 11) is 0. The molecule has 1 N–H and O–H groups in total. The van der Waals surface area contributed by atoms with Crippen molar-refractivity contribution < 1.29 is 27.5 Å². The van der Waals surface area contributed by atoms with Crippen molar-refractivity contribution in [2.24, 2.45) is 0 Å². The summed E-state index contributed by atoms with van der Waals surface area (Å²) in [6, 6.07) is 16.8. The summed E-state index contributed by atoms with van der Waals surface area (Å²) in [4.78, 5) is 26.0. The Morgan fingerprint density at radius 1 is 0.939 bits per heavy atom. The molecular weight excluding hydrogens is 433 g/mol. The molecule has 1 aliphatic heterocycles. The molecule has 0 fully saturated rings. The van der Waals surface area contributed by atoms with Crippen LogP contribution in [0.3, 0.4) is 0 Å². The van der Waals surface area contributed by atoms with Crippen molar-refractivity contribution in [1.29, 1.82) is 0 Å². The SMILES string of the molecule is CC(=O)Nc1cccc(C(=O)N2CCc3cc(Oc4ccc(C(F)(F)F)cc4)ccc3C2)c1. The number of carbonyl (C=O) groups excluding carboxylic acids is 2. The molecule has 8 heteroatoms. The minimum atomic E-state index is -4.39. The molecule has 0 bridgehead atoms. The van der Waals surface area contributed by atoms with Gasteiger partial charge in [-0.1, -0.05) is 12.1 Å². The number of nitrogens with one attached hydrogen (secondary N) is 1. The molecule has 33 heavy (non-hydrogen) atoms. The van der Waals surface area contributed by atoms with Crippen molar-refractivity contribution in [3.63, 3.8) is 0 Å². The van der Waals surface area contributed by atoms with E-state index in [1.807, 2.05) is 12.1 Å². The van der Waals surface area contributed by atoms with Crippen LogP contribution in [-0.2, 0) is 23.9 Å². The number of benzene rings is 3. The average Bonchev–Trinajstić information content (AvgIpc) is 2.78. The van der Waals surface area contributed by atoms with Crippen LogP contribution in [0.1, 0.15) is 34.0 Å². The topological polar surface area (TPSA) is 58.6 Å². The van der Waals surface area contributed by atoms with Crippen molar-refractivity contribution in [2.75, 3.05) is 11.9 Å². The van der Waals surface area contributed by atoms with E-state index in [1.54, 1.807) is 35.2 Å². The minimum absolute atomic E-state index is 0.127. The summed E-state index contributed by atoms with van der Waals surface area (Å²) in [6.07, 6.45) is -3.77. The molecule has 0 spiro atoms. The molecule has 0 atom stereocenters. The Labute approximate surface area is 188 Å². The lowest BCUT2D eigenvalue weighted by Gasteiger charge is -2.29. The highest BCUT2D eigenvalue weighted by Crippen LogP contribution is 2.32. The third kappa shape index (κ3) is 5.34. The van der Waals surface area contributed by atoms with Gasteiger partial charge in [0.15, 0.2) is 0 Å². The van der Waals surface area contributed by atoms with Gasteiger partial charge in [0, 0.05) is 31.3 Å². The lowest BCUT2D eigenvalue weighted by atomic mass is 9.98. The third-order valence-corrected chi connectivity index (χ3v) is 5.32. The third-order valence-electron chi connectivity index (χ3n) is 5.32. The Morgan fingerprint density at radius 2 is 1.67 bits per heavy atom. The molecule has 3 aromatic carbocycles. The first-order chi connectivity index (χ1) is 15.7. The zero-order chi connectivity index (χ0) is 23.6. The lowest BCUT2D eigenvalue weighted by molar-refractivity contribution is -0.137. The molecule has 1 heterocycles. The Kier molecular flexibility index (Phi) is 6.09. The van der Waals surface area contributed by atoms with Crippen molar-refractivity contribution >= 4 is 17.5 Å². The Bertz CT molecular complexity index is 1190. The maximum atomic E-state index is 13.0. The normalized spacial score (nSPS) is 13.3. The number of nitrogens with zero attached hydrogens (tertiary/aromatic N) is 1. The number of alkyl halides is 3. The van der Waals surface area contributed by atoms with Gasteiger partial charge in [-0.05, 0) is 72.1 Å². The van der Waals surface area contributed by atoms with Crippen LogP contribution in [-0.4, -0.2) is 23.3 Å². The van der Waals surface area contributed by atoms with E-state index in [1.165, 1.54) is 19.1 Å². The molecule has 0 radical (unpaired) electrons. The fourth-order valence-corrected chi connectivity index (χ4v) is 3.73. The molecule has 170 valence electrons. The van der Waals surface area contributed by atoms with Gasteiger partial charge in [0.1, 0.15) is 11.5 Å². The number of amides is 2. The van der Waals surface area contributed by atoms with Gasteiger partial charge in [0.05, 0.1) is 5.56 Å². The van der Waals surface area contributed by atoms with E-state index in [0.29, 0.717) is 42.3 Å². The van der Waals surface area contributed by atoms with Gasteiger partial charge in [-0.25, -0.2) is 0 Å². The Morgan fingerprint density at radius 3 is 2.36 bits per heavy atom. The number of ether oxygens (including phenoxy) is 1. The van der Waals surface area contributed by atoms with Crippen LogP contribution in [0.15, 0.2) is 66.7 Å². The van der Waals surface area contributed by atoms with Crippen LogP contribution < -0.4 is 10.1 Å². The average molecular weight is 454 g/mol. The second-order valence-corrected chi connectivity index (χ2v) is 7.79. The van der Waals surface area contributed by atoms with Crippen LogP contribution in [0.25, 0.3) is 0 Å². The summed E-state index contributed by atoms with van der Waals surface area (Å²) < 4.78 is 43.9. The van der Waals surface area contributed by atoms with E-state index in [2.05, 4.69) is 5.32 Å². The van der Waals surface area contributed by atoms with Crippen LogP contribution in [0, 0.1) is 0 Å². The summed E-state index contributed by atoms with van der Waals surface area (Å²) in [5.41, 5.74) is 2.33. The number of fused-ring (bicyclic) bond motifs is 1. The van der Waals surface area contributed by atoms with Crippen molar-refractivity contribution in [3.8, 4) is 11.5 Å². The maximum absolute atomic E-state index is 13.0. The minimum Gasteiger partial charge on any atom is -0.457 e. The quantitative estimate of drug-likeness (QED) is 0.554. The zero-order valence-corrected chi connectivity index (χ0v) is 17.8. The molecule has 5 nitrogen and oxygen atoms in total. The first kappa shape index (κ1) is 22.4. The van der Waals surface area contributed by atoms with Gasteiger partial charge >= 0.3 is 6.18 Å². The van der Waals surface area contributed by atoms with Gasteiger partial charge in [-0.2, -0.15) is 13.2 Å².